The summed E-state index contributed by atoms with van der Waals surface area (Å²) in [4.78, 5) is 60.8. The van der Waals surface area contributed by atoms with Gasteiger partial charge in [0.25, 0.3) is 0 Å². The number of carbonyl (C=O) groups excluding carboxylic acids is 5. The number of nitrogens with one attached hydrogen (secondary N) is 3. The Labute approximate surface area is 173 Å². The highest BCUT2D eigenvalue weighted by molar-refractivity contribution is 5.93. The van der Waals surface area contributed by atoms with Crippen molar-refractivity contribution >= 4 is 29.6 Å². The molecular formula is C18H27N5O7. The molecule has 12 nitrogen and oxygen atoms in total. The monoisotopic (exact) mass is 425 g/mol. The Morgan fingerprint density at radius 3 is 2.50 bits per heavy atom. The number of hydrogen-bond acceptors (Lipinski definition) is 8. The number of carbonyl (C=O) groups is 5. The molecule has 1 saturated heterocycles. The number of nitriles is 1. The van der Waals surface area contributed by atoms with Gasteiger partial charge in [-0.05, 0) is 25.7 Å². The van der Waals surface area contributed by atoms with Gasteiger partial charge in [0.05, 0.1) is 19.7 Å². The molecule has 0 radical (unpaired) electrons. The van der Waals surface area contributed by atoms with Crippen molar-refractivity contribution in [3.63, 3.8) is 0 Å². The topological polar surface area (TPSA) is 178 Å². The smallest absolute Gasteiger partial charge is 0.325 e. The number of likely N-dealkylation sites (tertiary alicyclic amines) is 1. The van der Waals surface area contributed by atoms with Crippen molar-refractivity contribution in [3.8, 4) is 6.07 Å². The van der Waals surface area contributed by atoms with Crippen LogP contribution >= 0.6 is 0 Å². The lowest BCUT2D eigenvalue weighted by Gasteiger charge is -2.24. The van der Waals surface area contributed by atoms with E-state index in [0.29, 0.717) is 19.4 Å². The van der Waals surface area contributed by atoms with Crippen LogP contribution in [-0.2, 0) is 28.7 Å². The summed E-state index contributed by atoms with van der Waals surface area (Å²) in [5.74, 6) is -2.71. The second-order valence-electron chi connectivity index (χ2n) is 6.73. The number of aliphatic hydroxyl groups is 1. The van der Waals surface area contributed by atoms with Crippen LogP contribution in [0, 0.1) is 11.3 Å². The highest BCUT2D eigenvalue weighted by atomic mass is 16.5. The summed E-state index contributed by atoms with van der Waals surface area (Å²) >= 11 is 0. The zero-order valence-electron chi connectivity index (χ0n) is 17.0. The molecule has 1 heterocycles. The van der Waals surface area contributed by atoms with Crippen molar-refractivity contribution in [2.45, 2.75) is 50.8 Å². The predicted octanol–water partition coefficient (Wildman–Crippen LogP) is -2.45. The van der Waals surface area contributed by atoms with Crippen LogP contribution in [0.15, 0.2) is 0 Å². The molecule has 0 saturated carbocycles. The minimum absolute atomic E-state index is 0.0105. The molecule has 0 aromatic carbocycles. The number of ether oxygens (including phenoxy) is 1. The molecule has 0 aliphatic carbocycles. The maximum absolute atomic E-state index is 12.5. The molecule has 166 valence electrons. The van der Waals surface area contributed by atoms with Gasteiger partial charge >= 0.3 is 5.97 Å². The fourth-order valence-corrected chi connectivity index (χ4v) is 2.98. The first-order valence-electron chi connectivity index (χ1n) is 9.46. The van der Waals surface area contributed by atoms with Gasteiger partial charge in [-0.15, -0.1) is 0 Å². The lowest BCUT2D eigenvalue weighted by atomic mass is 10.1. The highest BCUT2D eigenvalue weighted by Crippen LogP contribution is 2.17. The van der Waals surface area contributed by atoms with Crippen LogP contribution in [0.1, 0.15) is 32.6 Å². The van der Waals surface area contributed by atoms with Crippen molar-refractivity contribution < 1.29 is 33.8 Å². The van der Waals surface area contributed by atoms with Crippen LogP contribution in [0.5, 0.6) is 0 Å². The van der Waals surface area contributed by atoms with E-state index < -0.39 is 54.3 Å². The number of rotatable bonds is 10. The quantitative estimate of drug-likeness (QED) is 0.220. The lowest BCUT2D eigenvalue weighted by molar-refractivity contribution is -0.143. The van der Waals surface area contributed by atoms with Crippen molar-refractivity contribution in [3.05, 3.63) is 0 Å². The fourth-order valence-electron chi connectivity index (χ4n) is 2.98. The summed E-state index contributed by atoms with van der Waals surface area (Å²) in [5, 5.41) is 25.2. The molecule has 12 heteroatoms. The van der Waals surface area contributed by atoms with Crippen LogP contribution < -0.4 is 16.0 Å². The fraction of sp³-hybridized carbons (Fsp3) is 0.667. The summed E-state index contributed by atoms with van der Waals surface area (Å²) in [7, 11) is 1.19. The Morgan fingerprint density at radius 2 is 1.90 bits per heavy atom. The van der Waals surface area contributed by atoms with Gasteiger partial charge in [-0.25, -0.2) is 0 Å². The van der Waals surface area contributed by atoms with E-state index >= 15 is 0 Å². The summed E-state index contributed by atoms with van der Waals surface area (Å²) in [6, 6.07) is -0.151. The van der Waals surface area contributed by atoms with Gasteiger partial charge in [-0.1, -0.05) is 0 Å². The molecule has 0 aromatic rings. The molecule has 0 spiro atoms. The van der Waals surface area contributed by atoms with Crippen LogP contribution in [0.3, 0.4) is 0 Å². The molecule has 0 bridgehead atoms. The van der Waals surface area contributed by atoms with E-state index in [1.807, 2.05) is 0 Å². The average molecular weight is 425 g/mol. The summed E-state index contributed by atoms with van der Waals surface area (Å²) in [6.07, 6.45) is -0.276. The van der Waals surface area contributed by atoms with Crippen LogP contribution in [0.2, 0.25) is 0 Å². The first kappa shape index (κ1) is 24.8. The minimum Gasteiger partial charge on any atom is -0.468 e. The third kappa shape index (κ3) is 8.04. The van der Waals surface area contributed by atoms with Gasteiger partial charge in [-0.2, -0.15) is 5.26 Å². The number of aliphatic hydroxyl groups excluding tert-OH is 1. The normalized spacial score (nSPS) is 17.3. The standard InChI is InChI=1S/C18H27N5O7/c1-11(24)22-13(6-5-12(25)8-19)17(28)20-9-15(26)23-7-3-4-14(23)18(29)21-10-16(27)30-2/h12-14,25H,3-7,9-10H2,1-2H3,(H,20,28)(H,21,29)(H,22,24)/t12?,13-,14-/m0/s1. The second kappa shape index (κ2) is 12.4. The predicted molar refractivity (Wildman–Crippen MR) is 101 cm³/mol. The van der Waals surface area contributed by atoms with Gasteiger partial charge in [0.1, 0.15) is 24.7 Å². The van der Waals surface area contributed by atoms with Crippen LogP contribution in [-0.4, -0.2) is 84.5 Å². The van der Waals surface area contributed by atoms with Crippen LogP contribution in [0.25, 0.3) is 0 Å². The molecule has 1 aliphatic heterocycles. The van der Waals surface area contributed by atoms with E-state index in [1.165, 1.54) is 18.9 Å². The van der Waals surface area contributed by atoms with Gasteiger partial charge in [0.15, 0.2) is 0 Å². The molecule has 1 aliphatic rings. The highest BCUT2D eigenvalue weighted by Gasteiger charge is 2.34. The molecule has 4 N–H and O–H groups in total. The second-order valence-corrected chi connectivity index (χ2v) is 6.73. The first-order chi connectivity index (χ1) is 14.2. The Kier molecular flexibility index (Phi) is 10.3. The van der Waals surface area contributed by atoms with E-state index in [2.05, 4.69) is 20.7 Å². The van der Waals surface area contributed by atoms with Gasteiger partial charge in [0.2, 0.25) is 23.6 Å². The maximum Gasteiger partial charge on any atom is 0.325 e. The van der Waals surface area contributed by atoms with E-state index in [1.54, 1.807) is 6.07 Å². The van der Waals surface area contributed by atoms with Crippen molar-refractivity contribution in [1.29, 1.82) is 5.26 Å². The zero-order valence-corrected chi connectivity index (χ0v) is 17.0. The van der Waals surface area contributed by atoms with E-state index in [0.717, 1.165) is 0 Å². The maximum atomic E-state index is 12.5. The molecule has 1 rings (SSSR count). The zero-order chi connectivity index (χ0) is 22.7. The van der Waals surface area contributed by atoms with Crippen molar-refractivity contribution in [1.82, 2.24) is 20.9 Å². The van der Waals surface area contributed by atoms with Crippen molar-refractivity contribution in [2.24, 2.45) is 0 Å². The minimum atomic E-state index is -1.27. The molecule has 1 unspecified atom stereocenters. The number of hydrogen-bond donors (Lipinski definition) is 4. The van der Waals surface area contributed by atoms with Crippen LogP contribution in [0.4, 0.5) is 0 Å². The molecule has 3 atom stereocenters. The molecule has 0 aromatic heterocycles. The number of amides is 4. The lowest BCUT2D eigenvalue weighted by Crippen LogP contribution is -2.52. The Hall–Kier alpha value is -3.20. The molecule has 4 amide bonds. The third-order valence-corrected chi connectivity index (χ3v) is 4.50. The Bertz CT molecular complexity index is 706. The van der Waals surface area contributed by atoms with E-state index in [-0.39, 0.29) is 19.4 Å². The Morgan fingerprint density at radius 1 is 1.20 bits per heavy atom. The summed E-state index contributed by atoms with van der Waals surface area (Å²) in [5.41, 5.74) is 0. The van der Waals surface area contributed by atoms with Gasteiger partial charge in [0, 0.05) is 13.5 Å². The summed E-state index contributed by atoms with van der Waals surface area (Å²) in [6.45, 7) is 0.844. The Balaban J connectivity index is 2.61. The first-order valence-corrected chi connectivity index (χ1v) is 9.46. The largest absolute Gasteiger partial charge is 0.468 e. The van der Waals surface area contributed by atoms with Crippen molar-refractivity contribution in [2.75, 3.05) is 26.7 Å². The van der Waals surface area contributed by atoms with Gasteiger partial charge < -0.3 is 30.7 Å². The molecular weight excluding hydrogens is 398 g/mol. The summed E-state index contributed by atoms with van der Waals surface area (Å²) < 4.78 is 4.45. The number of nitrogens with zero attached hydrogens (tertiary/aromatic N) is 2. The molecule has 30 heavy (non-hydrogen) atoms. The van der Waals surface area contributed by atoms with Gasteiger partial charge in [-0.3, -0.25) is 24.0 Å². The number of methoxy groups -OCH3 is 1. The van der Waals surface area contributed by atoms with E-state index in [4.69, 9.17) is 5.26 Å². The van der Waals surface area contributed by atoms with E-state index in [9.17, 15) is 29.1 Å². The SMILES string of the molecule is COC(=O)CNC(=O)[C@@H]1CCCN1C(=O)CNC(=O)[C@H](CCC(O)C#N)NC(C)=O. The number of esters is 1. The molecule has 1 fully saturated rings. The average Bonchev–Trinajstić information content (AvgIpc) is 3.22. The third-order valence-electron chi connectivity index (χ3n) is 4.50.